The summed E-state index contributed by atoms with van der Waals surface area (Å²) in [6.45, 7) is 4.43. The van der Waals surface area contributed by atoms with E-state index in [9.17, 15) is 4.79 Å². The average Bonchev–Trinajstić information content (AvgIpc) is 3.37. The van der Waals surface area contributed by atoms with Crippen LogP contribution in [-0.2, 0) is 0 Å². The minimum absolute atomic E-state index is 0.193. The van der Waals surface area contributed by atoms with Gasteiger partial charge in [0.25, 0.3) is 0 Å². The summed E-state index contributed by atoms with van der Waals surface area (Å²) in [5.74, 6) is 2.01. The molecule has 0 saturated heterocycles. The Balaban J connectivity index is 1.44. The Bertz CT molecular complexity index is 949. The highest BCUT2D eigenvalue weighted by Crippen LogP contribution is 2.34. The molecule has 1 aliphatic rings. The van der Waals surface area contributed by atoms with Crippen LogP contribution in [0.2, 0.25) is 0 Å². The second-order valence-electron chi connectivity index (χ2n) is 6.31. The first kappa shape index (κ1) is 17.0. The topological polar surface area (TPSA) is 90.6 Å². The zero-order valence-electron chi connectivity index (χ0n) is 15.1. The third-order valence-electron chi connectivity index (χ3n) is 4.30. The van der Waals surface area contributed by atoms with E-state index in [0.29, 0.717) is 23.7 Å². The monoisotopic (exact) mass is 368 g/mol. The van der Waals surface area contributed by atoms with Gasteiger partial charge in [-0.1, -0.05) is 0 Å². The van der Waals surface area contributed by atoms with E-state index in [1.165, 1.54) is 0 Å². The van der Waals surface area contributed by atoms with Crippen molar-refractivity contribution in [3.05, 3.63) is 59.8 Å². The van der Waals surface area contributed by atoms with Gasteiger partial charge in [0.1, 0.15) is 11.8 Å². The van der Waals surface area contributed by atoms with Crippen molar-refractivity contribution in [3.63, 3.8) is 0 Å². The molecule has 0 aliphatic carbocycles. The number of carbonyl (C=O) groups is 1. The highest BCUT2D eigenvalue weighted by Gasteiger charge is 2.21. The van der Waals surface area contributed by atoms with Crippen molar-refractivity contribution in [2.24, 2.45) is 0 Å². The molecule has 0 radical (unpaired) electrons. The van der Waals surface area contributed by atoms with Gasteiger partial charge in [-0.3, -0.25) is 4.68 Å². The van der Waals surface area contributed by atoms with Crippen LogP contribution >= 0.6 is 0 Å². The third-order valence-corrected chi connectivity index (χ3v) is 4.30. The van der Waals surface area contributed by atoms with Gasteiger partial charge in [-0.15, -0.1) is 0 Å². The number of rotatable bonds is 5. The van der Waals surface area contributed by atoms with Crippen molar-refractivity contribution in [3.8, 4) is 11.5 Å². The molecule has 140 valence electrons. The smallest absolute Gasteiger partial charge is 0.319 e. The van der Waals surface area contributed by atoms with Gasteiger partial charge < -0.3 is 24.5 Å². The van der Waals surface area contributed by atoms with Crippen LogP contribution in [0.25, 0.3) is 0 Å². The van der Waals surface area contributed by atoms with Crippen LogP contribution < -0.4 is 20.1 Å². The van der Waals surface area contributed by atoms with E-state index in [4.69, 9.17) is 13.9 Å². The van der Waals surface area contributed by atoms with Crippen LogP contribution in [0.3, 0.4) is 0 Å². The molecule has 1 aliphatic heterocycles. The number of nitrogens with zero attached hydrogens (tertiary/aromatic N) is 2. The second-order valence-corrected chi connectivity index (χ2v) is 6.31. The average molecular weight is 368 g/mol. The maximum absolute atomic E-state index is 12.4. The molecule has 2 N–H and O–H groups in total. The Morgan fingerprint density at radius 3 is 2.81 bits per heavy atom. The van der Waals surface area contributed by atoms with E-state index in [1.807, 2.05) is 36.7 Å². The normalized spacial score (nSPS) is 13.4. The maximum atomic E-state index is 12.4. The lowest BCUT2D eigenvalue weighted by molar-refractivity contribution is 0.174. The molecule has 2 amide bonds. The lowest BCUT2D eigenvalue weighted by Gasteiger charge is -2.18. The molecule has 3 heterocycles. The number of nitrogens with one attached hydrogen (secondary N) is 2. The minimum atomic E-state index is -0.327. The summed E-state index contributed by atoms with van der Waals surface area (Å²) >= 11 is 0. The zero-order valence-corrected chi connectivity index (χ0v) is 15.1. The predicted octanol–water partition coefficient (Wildman–Crippen LogP) is 3.23. The molecule has 0 spiro atoms. The zero-order chi connectivity index (χ0) is 18.8. The van der Waals surface area contributed by atoms with Crippen molar-refractivity contribution in [2.75, 3.05) is 18.7 Å². The lowest BCUT2D eigenvalue weighted by atomic mass is 10.2. The number of ether oxygens (including phenoxy) is 2. The van der Waals surface area contributed by atoms with Gasteiger partial charge in [-0.2, -0.15) is 5.10 Å². The molecule has 0 saturated carbocycles. The molecule has 1 atom stereocenters. The number of urea groups is 1. The Kier molecular flexibility index (Phi) is 4.45. The standard InChI is InChI=1S/C19H20N4O4/c1-12-8-13(2)23(22-12)15(16-4-3-7-25-16)10-20-19(24)21-14-5-6-17-18(9-14)27-11-26-17/h3-9,15H,10-11H2,1-2H3,(H2,20,21,24)/t15-/m0/s1. The molecule has 8 nitrogen and oxygen atoms in total. The summed E-state index contributed by atoms with van der Waals surface area (Å²) in [6, 6.07) is 10.4. The number of hydrogen-bond acceptors (Lipinski definition) is 5. The molecule has 0 fully saturated rings. The number of fused-ring (bicyclic) bond motifs is 1. The first-order chi connectivity index (χ1) is 13.1. The molecular weight excluding hydrogens is 348 g/mol. The Labute approximate surface area is 156 Å². The Morgan fingerprint density at radius 2 is 2.07 bits per heavy atom. The summed E-state index contributed by atoms with van der Waals surface area (Å²) in [6.07, 6.45) is 1.61. The molecular formula is C19H20N4O4. The molecule has 0 bridgehead atoms. The van der Waals surface area contributed by atoms with E-state index in [0.717, 1.165) is 17.1 Å². The number of benzene rings is 1. The second kappa shape index (κ2) is 7.06. The van der Waals surface area contributed by atoms with Crippen LogP contribution in [0.5, 0.6) is 11.5 Å². The summed E-state index contributed by atoms with van der Waals surface area (Å²) in [5, 5.41) is 10.2. The first-order valence-corrected chi connectivity index (χ1v) is 8.61. The van der Waals surface area contributed by atoms with Gasteiger partial charge in [0.2, 0.25) is 6.79 Å². The van der Waals surface area contributed by atoms with Gasteiger partial charge in [0.15, 0.2) is 11.5 Å². The highest BCUT2D eigenvalue weighted by atomic mass is 16.7. The largest absolute Gasteiger partial charge is 0.467 e. The maximum Gasteiger partial charge on any atom is 0.319 e. The van der Waals surface area contributed by atoms with Gasteiger partial charge in [-0.25, -0.2) is 4.79 Å². The molecule has 4 rings (SSSR count). The van der Waals surface area contributed by atoms with E-state index in [1.54, 1.807) is 24.5 Å². The van der Waals surface area contributed by atoms with E-state index in [2.05, 4.69) is 15.7 Å². The molecule has 0 unspecified atom stereocenters. The SMILES string of the molecule is Cc1cc(C)n([C@@H](CNC(=O)Nc2ccc3c(c2)OCO3)c2ccco2)n1. The fraction of sp³-hybridized carbons (Fsp3) is 0.263. The molecule has 8 heteroatoms. The predicted molar refractivity (Wildman–Crippen MR) is 98.1 cm³/mol. The molecule has 1 aromatic carbocycles. The van der Waals surface area contributed by atoms with E-state index >= 15 is 0 Å². The van der Waals surface area contributed by atoms with E-state index in [-0.39, 0.29) is 18.9 Å². The van der Waals surface area contributed by atoms with Gasteiger partial charge in [0, 0.05) is 24.0 Å². The quantitative estimate of drug-likeness (QED) is 0.722. The molecule has 27 heavy (non-hydrogen) atoms. The summed E-state index contributed by atoms with van der Waals surface area (Å²) < 4.78 is 18.0. The minimum Gasteiger partial charge on any atom is -0.467 e. The van der Waals surface area contributed by atoms with Crippen molar-refractivity contribution < 1.29 is 18.7 Å². The third kappa shape index (κ3) is 3.59. The number of aryl methyl sites for hydroxylation is 2. The first-order valence-electron chi connectivity index (χ1n) is 8.61. The highest BCUT2D eigenvalue weighted by molar-refractivity contribution is 5.89. The number of aromatic nitrogens is 2. The number of anilines is 1. The van der Waals surface area contributed by atoms with Crippen LogP contribution in [0, 0.1) is 13.8 Å². The Morgan fingerprint density at radius 1 is 1.22 bits per heavy atom. The lowest BCUT2D eigenvalue weighted by Crippen LogP contribution is -2.35. The summed E-state index contributed by atoms with van der Waals surface area (Å²) in [5.41, 5.74) is 2.53. The summed E-state index contributed by atoms with van der Waals surface area (Å²) in [7, 11) is 0. The van der Waals surface area contributed by atoms with Crippen LogP contribution in [0.1, 0.15) is 23.2 Å². The van der Waals surface area contributed by atoms with Crippen molar-refractivity contribution in [1.29, 1.82) is 0 Å². The van der Waals surface area contributed by atoms with Gasteiger partial charge in [0.05, 0.1) is 12.0 Å². The number of furan rings is 1. The van der Waals surface area contributed by atoms with Crippen molar-refractivity contribution >= 4 is 11.7 Å². The fourth-order valence-corrected chi connectivity index (χ4v) is 3.09. The van der Waals surface area contributed by atoms with Crippen molar-refractivity contribution in [2.45, 2.75) is 19.9 Å². The van der Waals surface area contributed by atoms with Crippen molar-refractivity contribution in [1.82, 2.24) is 15.1 Å². The van der Waals surface area contributed by atoms with Crippen LogP contribution in [0.4, 0.5) is 10.5 Å². The summed E-state index contributed by atoms with van der Waals surface area (Å²) in [4.78, 5) is 12.4. The molecule has 3 aromatic rings. The van der Waals surface area contributed by atoms with Crippen LogP contribution in [-0.4, -0.2) is 29.1 Å². The Hall–Kier alpha value is -3.42. The van der Waals surface area contributed by atoms with Gasteiger partial charge in [-0.05, 0) is 44.2 Å². The number of carbonyl (C=O) groups excluding carboxylic acids is 1. The van der Waals surface area contributed by atoms with Gasteiger partial charge >= 0.3 is 6.03 Å². The van der Waals surface area contributed by atoms with E-state index < -0.39 is 0 Å². The number of amides is 2. The fourth-order valence-electron chi connectivity index (χ4n) is 3.09. The van der Waals surface area contributed by atoms with Crippen LogP contribution in [0.15, 0.2) is 47.1 Å². The molecule has 2 aromatic heterocycles. The number of hydrogen-bond donors (Lipinski definition) is 2.